The van der Waals surface area contributed by atoms with Crippen molar-refractivity contribution in [3.8, 4) is 0 Å². The van der Waals surface area contributed by atoms with Crippen molar-refractivity contribution < 1.29 is 14.7 Å². The van der Waals surface area contributed by atoms with E-state index in [1.54, 1.807) is 11.3 Å². The largest absolute Gasteiger partial charge is 0.481 e. The average Bonchev–Trinajstić information content (AvgIpc) is 2.93. The molecule has 110 valence electrons. The van der Waals surface area contributed by atoms with Crippen molar-refractivity contribution in [1.29, 1.82) is 0 Å². The number of hydrogen-bond donors (Lipinski definition) is 1. The van der Waals surface area contributed by atoms with Crippen LogP contribution in [0.3, 0.4) is 0 Å². The van der Waals surface area contributed by atoms with Gasteiger partial charge < -0.3 is 10.0 Å². The minimum Gasteiger partial charge on any atom is -0.481 e. The SMILES string of the molecule is CCc1ccc(C(=O)N2CCC[C@@H](CCC(=O)O)C2)s1. The molecule has 0 bridgehead atoms. The first kappa shape index (κ1) is 15.0. The molecule has 2 rings (SSSR count). The molecule has 1 aromatic heterocycles. The quantitative estimate of drug-likeness (QED) is 0.908. The number of carbonyl (C=O) groups excluding carboxylic acids is 1. The van der Waals surface area contributed by atoms with Gasteiger partial charge in [-0.1, -0.05) is 6.92 Å². The Labute approximate surface area is 123 Å². The van der Waals surface area contributed by atoms with E-state index in [4.69, 9.17) is 5.11 Å². The Morgan fingerprint density at radius 3 is 2.90 bits per heavy atom. The third-order valence-electron chi connectivity index (χ3n) is 3.79. The number of aliphatic carboxylic acids is 1. The Morgan fingerprint density at radius 2 is 2.25 bits per heavy atom. The van der Waals surface area contributed by atoms with Crippen LogP contribution < -0.4 is 0 Å². The lowest BCUT2D eigenvalue weighted by Crippen LogP contribution is -2.39. The molecule has 0 spiro atoms. The summed E-state index contributed by atoms with van der Waals surface area (Å²) >= 11 is 1.57. The van der Waals surface area contributed by atoms with Crippen molar-refractivity contribution in [1.82, 2.24) is 4.90 Å². The summed E-state index contributed by atoms with van der Waals surface area (Å²) in [4.78, 5) is 27.0. The second-order valence-electron chi connectivity index (χ2n) is 5.31. The highest BCUT2D eigenvalue weighted by Crippen LogP contribution is 2.25. The number of carboxylic acids is 1. The van der Waals surface area contributed by atoms with Crippen LogP contribution in [0.25, 0.3) is 0 Å². The first-order valence-corrected chi connectivity index (χ1v) is 8.01. The van der Waals surface area contributed by atoms with E-state index in [1.807, 2.05) is 17.0 Å². The summed E-state index contributed by atoms with van der Waals surface area (Å²) in [5.41, 5.74) is 0. The average molecular weight is 295 g/mol. The second-order valence-corrected chi connectivity index (χ2v) is 6.48. The van der Waals surface area contributed by atoms with Crippen LogP contribution in [0.4, 0.5) is 0 Å². The van der Waals surface area contributed by atoms with E-state index in [0.29, 0.717) is 18.9 Å². The molecular formula is C15H21NO3S. The van der Waals surface area contributed by atoms with Gasteiger partial charge >= 0.3 is 5.97 Å². The summed E-state index contributed by atoms with van der Waals surface area (Å²) in [6.45, 7) is 3.58. The van der Waals surface area contributed by atoms with E-state index >= 15 is 0 Å². The van der Waals surface area contributed by atoms with E-state index in [-0.39, 0.29) is 12.3 Å². The van der Waals surface area contributed by atoms with E-state index in [2.05, 4.69) is 6.92 Å². The molecule has 0 radical (unpaired) electrons. The molecule has 1 N–H and O–H groups in total. The predicted octanol–water partition coefficient (Wildman–Crippen LogP) is 3.03. The molecule has 0 aromatic carbocycles. The molecule has 20 heavy (non-hydrogen) atoms. The maximum absolute atomic E-state index is 12.4. The van der Waals surface area contributed by atoms with Gasteiger partial charge in [0.2, 0.25) is 0 Å². The zero-order valence-electron chi connectivity index (χ0n) is 11.8. The number of carbonyl (C=O) groups is 2. The number of aryl methyl sites for hydroxylation is 1. The number of thiophene rings is 1. The van der Waals surface area contributed by atoms with E-state index in [0.717, 1.165) is 30.7 Å². The molecule has 1 atom stereocenters. The third kappa shape index (κ3) is 3.82. The Bertz CT molecular complexity index is 483. The highest BCUT2D eigenvalue weighted by molar-refractivity contribution is 7.14. The number of rotatable bonds is 5. The number of nitrogens with zero attached hydrogens (tertiary/aromatic N) is 1. The Balaban J connectivity index is 1.94. The van der Waals surface area contributed by atoms with Gasteiger partial charge in [0.1, 0.15) is 0 Å². The zero-order chi connectivity index (χ0) is 14.5. The van der Waals surface area contributed by atoms with Crippen LogP contribution in [0.5, 0.6) is 0 Å². The number of hydrogen-bond acceptors (Lipinski definition) is 3. The van der Waals surface area contributed by atoms with Gasteiger partial charge in [-0.3, -0.25) is 9.59 Å². The van der Waals surface area contributed by atoms with Crippen LogP contribution in [0.2, 0.25) is 0 Å². The highest BCUT2D eigenvalue weighted by atomic mass is 32.1. The van der Waals surface area contributed by atoms with Crippen LogP contribution >= 0.6 is 11.3 Å². The van der Waals surface area contributed by atoms with Crippen molar-refractivity contribution in [3.05, 3.63) is 21.9 Å². The van der Waals surface area contributed by atoms with Crippen LogP contribution in [0.1, 0.15) is 47.2 Å². The molecule has 0 aliphatic carbocycles. The van der Waals surface area contributed by atoms with Crippen molar-refractivity contribution in [2.75, 3.05) is 13.1 Å². The summed E-state index contributed by atoms with van der Waals surface area (Å²) in [7, 11) is 0. The Hall–Kier alpha value is -1.36. The highest BCUT2D eigenvalue weighted by Gasteiger charge is 2.25. The summed E-state index contributed by atoms with van der Waals surface area (Å²) < 4.78 is 0. The Kier molecular flexibility index (Phi) is 5.17. The fourth-order valence-electron chi connectivity index (χ4n) is 2.65. The minimum atomic E-state index is -0.751. The van der Waals surface area contributed by atoms with Crippen molar-refractivity contribution in [3.63, 3.8) is 0 Å². The normalized spacial score (nSPS) is 19.1. The third-order valence-corrected chi connectivity index (χ3v) is 5.01. The van der Waals surface area contributed by atoms with Gasteiger partial charge in [0.05, 0.1) is 4.88 Å². The summed E-state index contributed by atoms with van der Waals surface area (Å²) in [5.74, 6) is -0.316. The summed E-state index contributed by atoms with van der Waals surface area (Å²) in [6, 6.07) is 3.93. The lowest BCUT2D eigenvalue weighted by molar-refractivity contribution is -0.137. The van der Waals surface area contributed by atoms with Gasteiger partial charge in [0, 0.05) is 24.4 Å². The Morgan fingerprint density at radius 1 is 1.45 bits per heavy atom. The smallest absolute Gasteiger partial charge is 0.303 e. The fraction of sp³-hybridized carbons (Fsp3) is 0.600. The van der Waals surface area contributed by atoms with Crippen molar-refractivity contribution in [2.45, 2.75) is 39.0 Å². The molecular weight excluding hydrogens is 274 g/mol. The van der Waals surface area contributed by atoms with Gasteiger partial charge in [-0.2, -0.15) is 0 Å². The molecule has 1 fully saturated rings. The molecule has 1 aliphatic heterocycles. The lowest BCUT2D eigenvalue weighted by atomic mass is 9.93. The van der Waals surface area contributed by atoms with Gasteiger partial charge in [-0.15, -0.1) is 11.3 Å². The lowest BCUT2D eigenvalue weighted by Gasteiger charge is -2.32. The molecule has 1 aromatic rings. The maximum atomic E-state index is 12.4. The molecule has 1 aliphatic rings. The summed E-state index contributed by atoms with van der Waals surface area (Å²) in [5, 5.41) is 8.75. The molecule has 2 heterocycles. The van der Waals surface area contributed by atoms with E-state index in [9.17, 15) is 9.59 Å². The number of likely N-dealkylation sites (tertiary alicyclic amines) is 1. The van der Waals surface area contributed by atoms with Gasteiger partial charge in [0.25, 0.3) is 5.91 Å². The number of amides is 1. The monoisotopic (exact) mass is 295 g/mol. The van der Waals surface area contributed by atoms with Gasteiger partial charge in [0.15, 0.2) is 0 Å². The molecule has 5 heteroatoms. The number of piperidine rings is 1. The predicted molar refractivity (Wildman–Crippen MR) is 79.2 cm³/mol. The molecule has 1 saturated heterocycles. The molecule has 0 unspecified atom stereocenters. The van der Waals surface area contributed by atoms with Crippen LogP contribution in [-0.4, -0.2) is 35.0 Å². The van der Waals surface area contributed by atoms with Crippen LogP contribution in [0.15, 0.2) is 12.1 Å². The van der Waals surface area contributed by atoms with Gasteiger partial charge in [-0.25, -0.2) is 0 Å². The first-order valence-electron chi connectivity index (χ1n) is 7.20. The van der Waals surface area contributed by atoms with Crippen LogP contribution in [0, 0.1) is 5.92 Å². The van der Waals surface area contributed by atoms with E-state index < -0.39 is 5.97 Å². The van der Waals surface area contributed by atoms with Gasteiger partial charge in [-0.05, 0) is 43.7 Å². The topological polar surface area (TPSA) is 57.6 Å². The standard InChI is InChI=1S/C15H21NO3S/c1-2-12-6-7-13(20-12)15(19)16-9-3-4-11(10-16)5-8-14(17)18/h6-7,11H,2-5,8-10H2,1H3,(H,17,18)/t11-/m0/s1. The minimum absolute atomic E-state index is 0.106. The molecule has 0 saturated carbocycles. The van der Waals surface area contributed by atoms with Crippen LogP contribution in [-0.2, 0) is 11.2 Å². The number of carboxylic acid groups (broad SMARTS) is 1. The molecule has 1 amide bonds. The first-order chi connectivity index (χ1) is 9.60. The van der Waals surface area contributed by atoms with Crippen molar-refractivity contribution in [2.24, 2.45) is 5.92 Å². The zero-order valence-corrected chi connectivity index (χ0v) is 12.6. The second kappa shape index (κ2) is 6.88. The fourth-order valence-corrected chi connectivity index (χ4v) is 3.57. The van der Waals surface area contributed by atoms with E-state index in [1.165, 1.54) is 4.88 Å². The molecule has 4 nitrogen and oxygen atoms in total. The van der Waals surface area contributed by atoms with Crippen molar-refractivity contribution >= 4 is 23.2 Å². The maximum Gasteiger partial charge on any atom is 0.303 e. The summed E-state index contributed by atoms with van der Waals surface area (Å²) in [6.07, 6.45) is 3.83.